The van der Waals surface area contributed by atoms with Crippen molar-refractivity contribution in [1.82, 2.24) is 10.2 Å². The molecule has 4 nitrogen and oxygen atoms in total. The first-order chi connectivity index (χ1) is 10.1. The lowest BCUT2D eigenvalue weighted by molar-refractivity contribution is -0.122. The molecule has 21 heavy (non-hydrogen) atoms. The second-order valence-corrected chi connectivity index (χ2v) is 6.20. The molecule has 1 amide bonds. The van der Waals surface area contributed by atoms with Gasteiger partial charge >= 0.3 is 0 Å². The average molecular weight is 303 g/mol. The number of nitrogens with zero attached hydrogens (tertiary/aromatic N) is 1. The molecule has 2 rings (SSSR count). The zero-order valence-corrected chi connectivity index (χ0v) is 13.2. The molecule has 0 aliphatic rings. The van der Waals surface area contributed by atoms with Crippen LogP contribution in [0.3, 0.4) is 0 Å². The minimum absolute atomic E-state index is 0.142. The molecule has 5 heteroatoms. The molecule has 1 atom stereocenters. The third-order valence-electron chi connectivity index (χ3n) is 3.19. The molecule has 0 aliphatic carbocycles. The molecule has 1 aromatic carbocycles. The van der Waals surface area contributed by atoms with Crippen LogP contribution in [0, 0.1) is 0 Å². The van der Waals surface area contributed by atoms with Gasteiger partial charge in [-0.2, -0.15) is 0 Å². The van der Waals surface area contributed by atoms with Crippen molar-refractivity contribution in [3.8, 4) is 0 Å². The predicted octanol–water partition coefficient (Wildman–Crippen LogP) is 2.13. The Hall–Kier alpha value is -1.69. The van der Waals surface area contributed by atoms with E-state index in [9.17, 15) is 4.79 Å². The van der Waals surface area contributed by atoms with Gasteiger partial charge in [0.05, 0.1) is 0 Å². The fraction of sp³-hybridized carbons (Fsp3) is 0.312. The average Bonchev–Trinajstić information content (AvgIpc) is 2.98. The summed E-state index contributed by atoms with van der Waals surface area (Å²) in [6.07, 6.45) is 0. The van der Waals surface area contributed by atoms with Gasteiger partial charge in [0.25, 0.3) is 0 Å². The van der Waals surface area contributed by atoms with Gasteiger partial charge in [0.2, 0.25) is 5.91 Å². The molecule has 1 heterocycles. The van der Waals surface area contributed by atoms with Crippen LogP contribution < -0.4 is 11.1 Å². The highest BCUT2D eigenvalue weighted by Crippen LogP contribution is 2.17. The Morgan fingerprint density at radius 3 is 2.57 bits per heavy atom. The van der Waals surface area contributed by atoms with E-state index in [1.54, 1.807) is 0 Å². The predicted molar refractivity (Wildman–Crippen MR) is 86.9 cm³/mol. The lowest BCUT2D eigenvalue weighted by Gasteiger charge is -2.16. The van der Waals surface area contributed by atoms with Crippen molar-refractivity contribution in [3.63, 3.8) is 0 Å². The first kappa shape index (κ1) is 15.7. The first-order valence-corrected chi connectivity index (χ1v) is 7.74. The largest absolute Gasteiger partial charge is 0.350 e. The molecule has 1 aromatic heterocycles. The standard InChI is InChI=1S/C16H21N3OS/c1-19(2)11-13-7-4-3-6-12(13)10-18-16(20)15(17)14-8-5-9-21-14/h3-9,15H,10-11,17H2,1-2H3,(H,18,20). The number of amides is 1. The van der Waals surface area contributed by atoms with Crippen LogP contribution in [0.2, 0.25) is 0 Å². The van der Waals surface area contributed by atoms with Gasteiger partial charge in [-0.15, -0.1) is 11.3 Å². The summed E-state index contributed by atoms with van der Waals surface area (Å²) in [4.78, 5) is 15.1. The number of nitrogens with one attached hydrogen (secondary N) is 1. The van der Waals surface area contributed by atoms with Gasteiger partial charge in [-0.25, -0.2) is 0 Å². The van der Waals surface area contributed by atoms with Crippen LogP contribution in [0.4, 0.5) is 0 Å². The Kier molecular flexibility index (Phi) is 5.50. The van der Waals surface area contributed by atoms with Crippen molar-refractivity contribution in [2.24, 2.45) is 5.73 Å². The van der Waals surface area contributed by atoms with Gasteiger partial charge in [0.15, 0.2) is 0 Å². The maximum absolute atomic E-state index is 12.1. The molecule has 2 aromatic rings. The summed E-state index contributed by atoms with van der Waals surface area (Å²) in [7, 11) is 4.06. The van der Waals surface area contributed by atoms with E-state index in [4.69, 9.17) is 5.73 Å². The number of carbonyl (C=O) groups excluding carboxylic acids is 1. The maximum atomic E-state index is 12.1. The molecule has 0 radical (unpaired) electrons. The third kappa shape index (κ3) is 4.39. The van der Waals surface area contributed by atoms with Crippen LogP contribution in [-0.2, 0) is 17.9 Å². The summed E-state index contributed by atoms with van der Waals surface area (Å²) >= 11 is 1.50. The number of hydrogen-bond acceptors (Lipinski definition) is 4. The minimum atomic E-state index is -0.592. The number of benzene rings is 1. The fourth-order valence-electron chi connectivity index (χ4n) is 2.11. The Balaban J connectivity index is 1.98. The smallest absolute Gasteiger partial charge is 0.242 e. The summed E-state index contributed by atoms with van der Waals surface area (Å²) in [6.45, 7) is 1.35. The lowest BCUT2D eigenvalue weighted by atomic mass is 10.1. The van der Waals surface area contributed by atoms with Gasteiger partial charge in [0.1, 0.15) is 6.04 Å². The van der Waals surface area contributed by atoms with Gasteiger partial charge in [0, 0.05) is 18.0 Å². The Labute approximate surface area is 129 Å². The summed E-state index contributed by atoms with van der Waals surface area (Å²) in [5.41, 5.74) is 8.29. The van der Waals surface area contributed by atoms with E-state index in [0.717, 1.165) is 17.0 Å². The quantitative estimate of drug-likeness (QED) is 0.859. The summed E-state index contributed by atoms with van der Waals surface area (Å²) in [5.74, 6) is -0.142. The molecule has 0 saturated carbocycles. The van der Waals surface area contributed by atoms with E-state index in [1.165, 1.54) is 16.9 Å². The van der Waals surface area contributed by atoms with Crippen LogP contribution in [-0.4, -0.2) is 24.9 Å². The van der Waals surface area contributed by atoms with Crippen molar-refractivity contribution in [2.45, 2.75) is 19.1 Å². The van der Waals surface area contributed by atoms with Crippen molar-refractivity contribution in [2.75, 3.05) is 14.1 Å². The van der Waals surface area contributed by atoms with Crippen LogP contribution in [0.25, 0.3) is 0 Å². The fourth-order valence-corrected chi connectivity index (χ4v) is 2.84. The van der Waals surface area contributed by atoms with Gasteiger partial charge in [-0.1, -0.05) is 30.3 Å². The second-order valence-electron chi connectivity index (χ2n) is 5.22. The highest BCUT2D eigenvalue weighted by molar-refractivity contribution is 7.10. The highest BCUT2D eigenvalue weighted by atomic mass is 32.1. The molecule has 0 bridgehead atoms. The molecule has 0 saturated heterocycles. The maximum Gasteiger partial charge on any atom is 0.242 e. The number of carbonyl (C=O) groups is 1. The van der Waals surface area contributed by atoms with Gasteiger partial charge in [-0.3, -0.25) is 4.79 Å². The Morgan fingerprint density at radius 1 is 1.24 bits per heavy atom. The zero-order chi connectivity index (χ0) is 15.2. The number of thiophene rings is 1. The van der Waals surface area contributed by atoms with E-state index in [-0.39, 0.29) is 5.91 Å². The van der Waals surface area contributed by atoms with Crippen molar-refractivity contribution >= 4 is 17.2 Å². The molecular formula is C16H21N3OS. The second kappa shape index (κ2) is 7.36. The molecule has 1 unspecified atom stereocenters. The van der Waals surface area contributed by atoms with Gasteiger partial charge < -0.3 is 16.0 Å². The summed E-state index contributed by atoms with van der Waals surface area (Å²) in [5, 5.41) is 4.85. The first-order valence-electron chi connectivity index (χ1n) is 6.86. The van der Waals surface area contributed by atoms with E-state index >= 15 is 0 Å². The van der Waals surface area contributed by atoms with Crippen LogP contribution in [0.1, 0.15) is 22.0 Å². The SMILES string of the molecule is CN(C)Cc1ccccc1CNC(=O)C(N)c1cccs1. The Morgan fingerprint density at radius 2 is 1.95 bits per heavy atom. The molecule has 3 N–H and O–H groups in total. The minimum Gasteiger partial charge on any atom is -0.350 e. The van der Waals surface area contributed by atoms with E-state index in [0.29, 0.717) is 6.54 Å². The normalized spacial score (nSPS) is 12.4. The third-order valence-corrected chi connectivity index (χ3v) is 4.15. The van der Waals surface area contributed by atoms with E-state index in [1.807, 2.05) is 49.8 Å². The summed E-state index contributed by atoms with van der Waals surface area (Å²) < 4.78 is 0. The van der Waals surface area contributed by atoms with Crippen molar-refractivity contribution in [1.29, 1.82) is 0 Å². The number of rotatable bonds is 6. The van der Waals surface area contributed by atoms with Crippen LogP contribution in [0.5, 0.6) is 0 Å². The Bertz CT molecular complexity index is 581. The molecule has 0 fully saturated rings. The van der Waals surface area contributed by atoms with Gasteiger partial charge in [-0.05, 0) is 36.7 Å². The lowest BCUT2D eigenvalue weighted by Crippen LogP contribution is -2.33. The monoisotopic (exact) mass is 303 g/mol. The highest BCUT2D eigenvalue weighted by Gasteiger charge is 2.16. The zero-order valence-electron chi connectivity index (χ0n) is 12.4. The number of nitrogens with two attached hydrogens (primary N) is 1. The van der Waals surface area contributed by atoms with E-state index < -0.39 is 6.04 Å². The summed E-state index contributed by atoms with van der Waals surface area (Å²) in [6, 6.07) is 11.3. The molecular weight excluding hydrogens is 282 g/mol. The van der Waals surface area contributed by atoms with Crippen molar-refractivity contribution in [3.05, 3.63) is 57.8 Å². The molecule has 0 spiro atoms. The molecule has 112 valence electrons. The number of hydrogen-bond donors (Lipinski definition) is 2. The topological polar surface area (TPSA) is 58.4 Å². The van der Waals surface area contributed by atoms with Crippen LogP contribution in [0.15, 0.2) is 41.8 Å². The van der Waals surface area contributed by atoms with E-state index in [2.05, 4.69) is 16.3 Å². The molecule has 0 aliphatic heterocycles. The van der Waals surface area contributed by atoms with Crippen molar-refractivity contribution < 1.29 is 4.79 Å². The van der Waals surface area contributed by atoms with Crippen LogP contribution >= 0.6 is 11.3 Å².